The molecule has 0 amide bonds. The van der Waals surface area contributed by atoms with Gasteiger partial charge in [0, 0.05) is 21.6 Å². The lowest BCUT2D eigenvalue weighted by Crippen LogP contribution is -2.14. The molecule has 1 aliphatic carbocycles. The molecule has 1 heterocycles. The fourth-order valence-corrected chi connectivity index (χ4v) is 7.28. The summed E-state index contributed by atoms with van der Waals surface area (Å²) in [7, 11) is 0. The molecule has 0 atom stereocenters. The number of furan rings is 1. The minimum Gasteiger partial charge on any atom is -0.455 e. The van der Waals surface area contributed by atoms with Crippen molar-refractivity contribution >= 4 is 54.3 Å². The maximum atomic E-state index is 10.2. The molecule has 0 N–H and O–H groups in total. The van der Waals surface area contributed by atoms with Gasteiger partial charge in [0.1, 0.15) is 11.2 Å². The predicted molar refractivity (Wildman–Crippen MR) is 220 cm³/mol. The highest BCUT2D eigenvalue weighted by Gasteiger charge is 2.36. The van der Waals surface area contributed by atoms with E-state index in [1.54, 1.807) is 0 Å². The molecule has 0 aliphatic heterocycles. The second-order valence-electron chi connectivity index (χ2n) is 12.6. The lowest BCUT2D eigenvalue weighted by molar-refractivity contribution is 0.660. The number of hydrogen-bond acceptors (Lipinski definition) is 1. The van der Waals surface area contributed by atoms with Crippen molar-refractivity contribution in [3.63, 3.8) is 0 Å². The van der Waals surface area contributed by atoms with Crippen molar-refractivity contribution in [3.8, 4) is 44.5 Å². The van der Waals surface area contributed by atoms with Crippen molar-refractivity contribution in [2.45, 2.75) is 19.3 Å². The van der Waals surface area contributed by atoms with Gasteiger partial charge in [-0.25, -0.2) is 0 Å². The molecule has 1 heteroatoms. The Kier molecular flexibility index (Phi) is 2.69. The van der Waals surface area contributed by atoms with E-state index in [0.717, 1.165) is 0 Å². The Morgan fingerprint density at radius 3 is 1.79 bits per heavy atom. The Morgan fingerprint density at radius 1 is 0.423 bits per heavy atom. The topological polar surface area (TPSA) is 13.1 Å². The summed E-state index contributed by atoms with van der Waals surface area (Å²) in [5.41, 5.74) is -7.86. The molecule has 52 heavy (non-hydrogen) atoms. The fourth-order valence-electron chi connectivity index (χ4n) is 7.28. The van der Waals surface area contributed by atoms with Crippen molar-refractivity contribution < 1.29 is 42.8 Å². The molecular formula is C51H34O. The summed E-state index contributed by atoms with van der Waals surface area (Å²) in [5.74, 6) is 0. The van der Waals surface area contributed by atoms with E-state index in [-0.39, 0.29) is 22.3 Å². The Labute approximate surface area is 341 Å². The number of rotatable bonds is 3. The summed E-state index contributed by atoms with van der Waals surface area (Å²) in [6.07, 6.45) is 0. The number of benzene rings is 9. The van der Waals surface area contributed by atoms with Gasteiger partial charge in [-0.05, 0) is 101 Å². The van der Waals surface area contributed by atoms with Crippen LogP contribution in [0.1, 0.15) is 63.4 Å². The highest BCUT2D eigenvalue weighted by Crippen LogP contribution is 2.53. The summed E-state index contributed by atoms with van der Waals surface area (Å²) in [6, 6.07) is -24.6. The van der Waals surface area contributed by atoms with Gasteiger partial charge in [-0.15, -0.1) is 0 Å². The van der Waals surface area contributed by atoms with Crippen LogP contribution in [0.2, 0.25) is 0 Å². The van der Waals surface area contributed by atoms with E-state index in [4.69, 9.17) is 27.7 Å². The zero-order chi connectivity index (χ0) is 58.9. The van der Waals surface area contributed by atoms with Crippen LogP contribution in [0.25, 0.3) is 98.8 Å². The molecule has 0 saturated heterocycles. The van der Waals surface area contributed by atoms with Crippen LogP contribution in [0.3, 0.4) is 0 Å². The molecule has 1 aliphatic rings. The van der Waals surface area contributed by atoms with Gasteiger partial charge in [0.05, 0.1) is 38.4 Å². The first kappa shape index (κ1) is 13.0. The number of hydrogen-bond donors (Lipinski definition) is 0. The normalized spacial score (nSPS) is 20.9. The largest absolute Gasteiger partial charge is 0.455 e. The zero-order valence-electron chi connectivity index (χ0n) is 54.9. The van der Waals surface area contributed by atoms with Crippen LogP contribution in [0.15, 0.2) is 174 Å². The molecule has 0 spiro atoms. The van der Waals surface area contributed by atoms with Crippen LogP contribution in [-0.4, -0.2) is 0 Å². The molecule has 11 rings (SSSR count). The zero-order valence-corrected chi connectivity index (χ0v) is 26.9. The van der Waals surface area contributed by atoms with Crippen LogP contribution >= 0.6 is 0 Å². The lowest BCUT2D eigenvalue weighted by atomic mass is 9.81. The molecule has 0 fully saturated rings. The maximum absolute atomic E-state index is 10.2. The minimum atomic E-state index is -1.53. The molecule has 10 aromatic rings. The molecule has 0 bridgehead atoms. The Bertz CT molecular complexity index is 4630. The Morgan fingerprint density at radius 2 is 1.00 bits per heavy atom. The van der Waals surface area contributed by atoms with Gasteiger partial charge in [-0.2, -0.15) is 0 Å². The van der Waals surface area contributed by atoms with E-state index >= 15 is 0 Å². The SMILES string of the molecule is [2H]c1c([2H])c(-c2c([2H])c([2H])c([2H])c3c2-c2c([2H])c([2H])c([2H])c([2H])c2C3(C)C)c([2H])c(-c2c3c([2H])c([2H])c([2H])c([2H])c3c(-c3c([2H])c([2H])c([2H])c4oc5c6c([2H])c([2H])c([2H])c([2H])c6c([2H])c([2H])c5c34)c3c([2H])c([2H])c([2H])c([2H])c23)c1[2H]. The highest BCUT2D eigenvalue weighted by atomic mass is 16.3. The van der Waals surface area contributed by atoms with Crippen LogP contribution in [0, 0.1) is 0 Å². The molecule has 0 unspecified atom stereocenters. The van der Waals surface area contributed by atoms with Gasteiger partial charge in [0.15, 0.2) is 0 Å². The van der Waals surface area contributed by atoms with Gasteiger partial charge in [0.25, 0.3) is 0 Å². The average Bonchev–Trinajstić information content (AvgIpc) is 3.92. The summed E-state index contributed by atoms with van der Waals surface area (Å²) < 4.78 is 263. The van der Waals surface area contributed by atoms with Gasteiger partial charge in [0.2, 0.25) is 0 Å². The molecule has 1 aromatic heterocycles. The summed E-state index contributed by atoms with van der Waals surface area (Å²) in [6.45, 7) is 3.01. The molecule has 244 valence electrons. The maximum Gasteiger partial charge on any atom is 0.143 e. The van der Waals surface area contributed by atoms with E-state index in [1.807, 2.05) is 0 Å². The second-order valence-corrected chi connectivity index (χ2v) is 12.6. The molecule has 1 nitrogen and oxygen atoms in total. The monoisotopic (exact) mass is 690 g/mol. The van der Waals surface area contributed by atoms with Crippen LogP contribution in [0.4, 0.5) is 0 Å². The van der Waals surface area contributed by atoms with Crippen LogP contribution in [-0.2, 0) is 5.41 Å². The van der Waals surface area contributed by atoms with Crippen molar-refractivity contribution in [2.24, 2.45) is 0 Å². The van der Waals surface area contributed by atoms with E-state index in [9.17, 15) is 15.1 Å². The van der Waals surface area contributed by atoms with Gasteiger partial charge < -0.3 is 4.42 Å². The van der Waals surface area contributed by atoms with E-state index in [1.165, 1.54) is 13.8 Å². The van der Waals surface area contributed by atoms with Gasteiger partial charge >= 0.3 is 0 Å². The van der Waals surface area contributed by atoms with Gasteiger partial charge in [-0.1, -0.05) is 165 Å². The van der Waals surface area contributed by atoms with Crippen molar-refractivity contribution in [2.75, 3.05) is 0 Å². The summed E-state index contributed by atoms with van der Waals surface area (Å²) in [4.78, 5) is 0. The number of fused-ring (bicyclic) bond motifs is 10. The lowest BCUT2D eigenvalue weighted by Gasteiger charge is -2.21. The highest BCUT2D eigenvalue weighted by molar-refractivity contribution is 6.27. The standard InChI is InChI=1S/C51H34O/c1-51(2)43-25-10-9-22-40(43)48-34(23-12-26-44(48)51)32-15-11-16-33(30-32)46-36-18-5-7-20-38(36)47(39-21-8-6-19-37(39)46)41-24-13-27-45-49(41)42-29-28-31-14-3-4-17-35(31)50(42)52-45/h3-30H,1-2H3/i3D,4D,5D,6D,7D,8D,9D,10D,11D,12D,13D,14D,15D,16D,17D,18D,19D,20D,21D,22D,23D,24D,25D,26D,27D,28D,29D,30D. The smallest absolute Gasteiger partial charge is 0.143 e. The molecule has 9 aromatic carbocycles. The van der Waals surface area contributed by atoms with E-state index in [0.29, 0.717) is 0 Å². The van der Waals surface area contributed by atoms with E-state index in [2.05, 4.69) is 0 Å². The molecule has 0 saturated carbocycles. The second kappa shape index (κ2) is 10.8. The molecule has 0 radical (unpaired) electrons. The average molecular weight is 691 g/mol. The third-order valence-corrected chi connectivity index (χ3v) is 9.56. The first-order valence-electron chi connectivity index (χ1n) is 29.9. The van der Waals surface area contributed by atoms with Crippen LogP contribution < -0.4 is 0 Å². The van der Waals surface area contributed by atoms with Crippen molar-refractivity contribution in [3.05, 3.63) is 180 Å². The third-order valence-electron chi connectivity index (χ3n) is 9.56. The van der Waals surface area contributed by atoms with Gasteiger partial charge in [-0.3, -0.25) is 0 Å². The van der Waals surface area contributed by atoms with Crippen LogP contribution in [0.5, 0.6) is 0 Å². The first-order chi connectivity index (χ1) is 37.2. The molecular weight excluding hydrogens is 629 g/mol. The van der Waals surface area contributed by atoms with E-state index < -0.39 is 262 Å². The predicted octanol–water partition coefficient (Wildman–Crippen LogP) is 14.4. The Hall–Kier alpha value is -6.44. The summed E-state index contributed by atoms with van der Waals surface area (Å²) >= 11 is 0. The van der Waals surface area contributed by atoms with Crippen molar-refractivity contribution in [1.82, 2.24) is 0 Å². The third kappa shape index (κ3) is 3.99. The Balaban J connectivity index is 1.43. The quantitative estimate of drug-likeness (QED) is 0.168. The minimum absolute atomic E-state index is 0.0732. The summed E-state index contributed by atoms with van der Waals surface area (Å²) in [5, 5.41) is -5.00. The first-order valence-corrected chi connectivity index (χ1v) is 15.9. The van der Waals surface area contributed by atoms with Crippen molar-refractivity contribution in [1.29, 1.82) is 0 Å². The fraction of sp³-hybridized carbons (Fsp3) is 0.0588.